The van der Waals surface area contributed by atoms with Gasteiger partial charge in [-0.3, -0.25) is 19.2 Å². The minimum absolute atomic E-state index is 0.308. The minimum Gasteiger partial charge on any atom is -0.491 e. The molecular weight excluding hydrogens is 544 g/mol. The van der Waals surface area contributed by atoms with E-state index < -0.39 is 54.4 Å². The molecule has 0 bridgehead atoms. The number of rotatable bonds is 8. The minimum atomic E-state index is -1.27. The van der Waals surface area contributed by atoms with Crippen molar-refractivity contribution >= 4 is 35.5 Å². The average Bonchev–Trinajstić information content (AvgIpc) is 3.37. The maximum atomic E-state index is 12.3. The summed E-state index contributed by atoms with van der Waals surface area (Å²) in [6.07, 6.45) is -4.80. The maximum Gasteiger partial charge on any atom is 0.303 e. The number of esters is 4. The van der Waals surface area contributed by atoms with Crippen LogP contribution in [0, 0.1) is 0 Å². The molecule has 5 atom stereocenters. The van der Waals surface area contributed by atoms with Crippen LogP contribution in [0.3, 0.4) is 0 Å². The molecule has 0 N–H and O–H groups in total. The second-order valence-corrected chi connectivity index (χ2v) is 10.0. The lowest BCUT2D eigenvalue weighted by Crippen LogP contribution is -2.59. The van der Waals surface area contributed by atoms with Gasteiger partial charge in [0, 0.05) is 39.7 Å². The van der Waals surface area contributed by atoms with E-state index in [-0.39, 0.29) is 6.61 Å². The third-order valence-electron chi connectivity index (χ3n) is 6.57. The van der Waals surface area contributed by atoms with Gasteiger partial charge in [-0.05, 0) is 23.1 Å². The topological polar surface area (TPSA) is 124 Å². The zero-order valence-electron chi connectivity index (χ0n) is 22.6. The van der Waals surface area contributed by atoms with Crippen LogP contribution in [0.25, 0.3) is 0 Å². The maximum absolute atomic E-state index is 12.3. The van der Waals surface area contributed by atoms with E-state index in [1.807, 2.05) is 36.4 Å². The van der Waals surface area contributed by atoms with Crippen LogP contribution in [-0.2, 0) is 55.7 Å². The first-order valence-electron chi connectivity index (χ1n) is 12.9. The molecule has 40 heavy (non-hydrogen) atoms. The number of fused-ring (bicyclic) bond motifs is 1. The van der Waals surface area contributed by atoms with Gasteiger partial charge in [0.2, 0.25) is 0 Å². The first-order chi connectivity index (χ1) is 19.0. The average molecular weight is 575 g/mol. The summed E-state index contributed by atoms with van der Waals surface area (Å²) in [6.45, 7) is 4.88. The predicted molar refractivity (Wildman–Crippen MR) is 141 cm³/mol. The molecule has 11 heteroatoms. The Balaban J connectivity index is 1.85. The molecule has 0 saturated carbocycles. The largest absolute Gasteiger partial charge is 0.491 e. The van der Waals surface area contributed by atoms with Crippen molar-refractivity contribution in [2.45, 2.75) is 71.1 Å². The summed E-state index contributed by atoms with van der Waals surface area (Å²) >= 11 is 6.79. The summed E-state index contributed by atoms with van der Waals surface area (Å²) in [5.41, 5.74) is 3.12. The molecule has 4 rings (SSSR count). The van der Waals surface area contributed by atoms with E-state index >= 15 is 0 Å². The Morgan fingerprint density at radius 3 is 2.12 bits per heavy atom. The SMILES string of the molecule is CC(=O)OC[C@@H]1O[C@@H](c2cc(Cc3ccccc3)c(Cl)c3c2CCO3)[C@H](OC(C)=O)[C@@H](OC(C)=O)[C@@H]1OC(C)=O. The number of hydrogen-bond donors (Lipinski definition) is 0. The number of ether oxygens (including phenoxy) is 6. The molecule has 0 spiro atoms. The normalized spacial score (nSPS) is 23.4. The lowest BCUT2D eigenvalue weighted by atomic mass is 9.86. The van der Waals surface area contributed by atoms with Gasteiger partial charge in [-0.1, -0.05) is 48.0 Å². The highest BCUT2D eigenvalue weighted by atomic mass is 35.5. The van der Waals surface area contributed by atoms with Crippen molar-refractivity contribution < 1.29 is 47.6 Å². The molecule has 0 radical (unpaired) electrons. The summed E-state index contributed by atoms with van der Waals surface area (Å²) in [6, 6.07) is 11.6. The Labute approximate surface area is 236 Å². The van der Waals surface area contributed by atoms with E-state index in [0.29, 0.717) is 35.8 Å². The van der Waals surface area contributed by atoms with Crippen LogP contribution >= 0.6 is 11.6 Å². The molecule has 0 amide bonds. The lowest BCUT2D eigenvalue weighted by Gasteiger charge is -2.45. The summed E-state index contributed by atoms with van der Waals surface area (Å²) in [5.74, 6) is -2.14. The summed E-state index contributed by atoms with van der Waals surface area (Å²) < 4.78 is 34.3. The Morgan fingerprint density at radius 2 is 1.50 bits per heavy atom. The van der Waals surface area contributed by atoms with Crippen LogP contribution in [0.1, 0.15) is 56.1 Å². The molecule has 0 unspecified atom stereocenters. The van der Waals surface area contributed by atoms with Crippen molar-refractivity contribution in [1.29, 1.82) is 0 Å². The quantitative estimate of drug-likeness (QED) is 0.341. The van der Waals surface area contributed by atoms with Crippen molar-refractivity contribution in [2.24, 2.45) is 0 Å². The van der Waals surface area contributed by atoms with Crippen LogP contribution in [-0.4, -0.2) is 61.5 Å². The highest BCUT2D eigenvalue weighted by Crippen LogP contribution is 2.46. The number of benzene rings is 2. The van der Waals surface area contributed by atoms with E-state index in [9.17, 15) is 19.2 Å². The van der Waals surface area contributed by atoms with Gasteiger partial charge in [-0.2, -0.15) is 0 Å². The molecule has 214 valence electrons. The molecule has 10 nitrogen and oxygen atoms in total. The molecular formula is C29H31ClO10. The zero-order chi connectivity index (χ0) is 29.0. The van der Waals surface area contributed by atoms with E-state index in [1.54, 1.807) is 0 Å². The fourth-order valence-electron chi connectivity index (χ4n) is 5.09. The monoisotopic (exact) mass is 574 g/mol. The van der Waals surface area contributed by atoms with Gasteiger partial charge in [0.15, 0.2) is 18.3 Å². The third-order valence-corrected chi connectivity index (χ3v) is 6.98. The Hall–Kier alpha value is -3.63. The van der Waals surface area contributed by atoms with E-state index in [4.69, 9.17) is 40.0 Å². The summed E-state index contributed by atoms with van der Waals surface area (Å²) in [4.78, 5) is 48.2. The molecule has 2 aliphatic rings. The highest BCUT2D eigenvalue weighted by Gasteiger charge is 2.53. The van der Waals surface area contributed by atoms with Crippen molar-refractivity contribution in [2.75, 3.05) is 13.2 Å². The summed E-state index contributed by atoms with van der Waals surface area (Å²) in [5, 5.41) is 0.464. The van der Waals surface area contributed by atoms with Crippen molar-refractivity contribution in [3.05, 3.63) is 63.7 Å². The van der Waals surface area contributed by atoms with Crippen LogP contribution in [0.4, 0.5) is 0 Å². The Morgan fingerprint density at radius 1 is 0.875 bits per heavy atom. The van der Waals surface area contributed by atoms with E-state index in [2.05, 4.69) is 0 Å². The number of carbonyl (C=O) groups excluding carboxylic acids is 4. The zero-order valence-corrected chi connectivity index (χ0v) is 23.4. The predicted octanol–water partition coefficient (Wildman–Crippen LogP) is 3.66. The van der Waals surface area contributed by atoms with Crippen molar-refractivity contribution in [1.82, 2.24) is 0 Å². The third kappa shape index (κ3) is 6.74. The number of halogens is 1. The fourth-order valence-corrected chi connectivity index (χ4v) is 5.38. The van der Waals surface area contributed by atoms with Gasteiger partial charge in [0.1, 0.15) is 24.6 Å². The number of carbonyl (C=O) groups is 4. The molecule has 2 aliphatic heterocycles. The smallest absolute Gasteiger partial charge is 0.303 e. The molecule has 1 fully saturated rings. The van der Waals surface area contributed by atoms with Gasteiger partial charge in [-0.25, -0.2) is 0 Å². The Kier molecular flexibility index (Phi) is 9.32. The molecule has 2 aromatic carbocycles. The lowest BCUT2D eigenvalue weighted by molar-refractivity contribution is -0.254. The van der Waals surface area contributed by atoms with Gasteiger partial charge in [0.05, 0.1) is 11.6 Å². The van der Waals surface area contributed by atoms with E-state index in [0.717, 1.165) is 16.7 Å². The van der Waals surface area contributed by atoms with Crippen LogP contribution in [0.15, 0.2) is 36.4 Å². The van der Waals surface area contributed by atoms with Gasteiger partial charge in [0.25, 0.3) is 0 Å². The second kappa shape index (κ2) is 12.7. The summed E-state index contributed by atoms with van der Waals surface area (Å²) in [7, 11) is 0. The molecule has 0 aromatic heterocycles. The van der Waals surface area contributed by atoms with Gasteiger partial charge in [-0.15, -0.1) is 0 Å². The molecule has 2 aromatic rings. The number of hydrogen-bond acceptors (Lipinski definition) is 10. The molecule has 2 heterocycles. The molecule has 0 aliphatic carbocycles. The van der Waals surface area contributed by atoms with Crippen molar-refractivity contribution in [3.63, 3.8) is 0 Å². The highest BCUT2D eigenvalue weighted by molar-refractivity contribution is 6.33. The standard InChI is InChI=1S/C29H31ClO10/c1-15(31)36-14-23-27(37-16(2)32)29(39-18(4)34)28(38-17(3)33)26(40-23)22-13-20(12-19-8-6-5-7-9-19)24(30)25-21(22)10-11-35-25/h5-9,13,23,26-29H,10-12,14H2,1-4H3/t23-,26-,27+,28-,29-/m0/s1. The van der Waals surface area contributed by atoms with Crippen LogP contribution in [0.2, 0.25) is 5.02 Å². The van der Waals surface area contributed by atoms with Gasteiger partial charge >= 0.3 is 23.9 Å². The Bertz CT molecular complexity index is 1280. The van der Waals surface area contributed by atoms with Crippen LogP contribution < -0.4 is 4.74 Å². The van der Waals surface area contributed by atoms with Gasteiger partial charge < -0.3 is 28.4 Å². The van der Waals surface area contributed by atoms with E-state index in [1.165, 1.54) is 27.7 Å². The first-order valence-corrected chi connectivity index (χ1v) is 13.2. The fraction of sp³-hybridized carbons (Fsp3) is 0.448. The molecule has 1 saturated heterocycles. The second-order valence-electron chi connectivity index (χ2n) is 9.63. The van der Waals surface area contributed by atoms with Crippen LogP contribution in [0.5, 0.6) is 5.75 Å². The first kappa shape index (κ1) is 29.4. The van der Waals surface area contributed by atoms with Crippen molar-refractivity contribution in [3.8, 4) is 5.75 Å².